The molecule has 9 heteroatoms. The van der Waals surface area contributed by atoms with Gasteiger partial charge in [0.1, 0.15) is 17.4 Å². The molecule has 2 aromatic rings. The Kier molecular flexibility index (Phi) is 9.38. The first-order valence-corrected chi connectivity index (χ1v) is 13.4. The molecule has 23 heavy (non-hydrogen) atoms. The zero-order valence-corrected chi connectivity index (χ0v) is 17.1. The van der Waals surface area contributed by atoms with E-state index < -0.39 is 32.5 Å². The molecule has 0 heterocycles. The molecule has 1 N–H and O–H groups in total. The third-order valence-corrected chi connectivity index (χ3v) is 4.03. The van der Waals surface area contributed by atoms with Crippen molar-refractivity contribution < 1.29 is 44.2 Å². The summed E-state index contributed by atoms with van der Waals surface area (Å²) in [4.78, 5) is 0. The Morgan fingerprint density at radius 2 is 1.70 bits per heavy atom. The number of phenolic OH excluding ortho intramolecular Hbond substituents is 1. The van der Waals surface area contributed by atoms with Gasteiger partial charge in [-0.2, -0.15) is 0 Å². The molecular formula is C14H13Cl2F2O3PZr. The van der Waals surface area contributed by atoms with Crippen molar-refractivity contribution in [2.75, 3.05) is 14.2 Å². The van der Waals surface area contributed by atoms with Crippen LogP contribution in [0.15, 0.2) is 30.3 Å². The molecule has 0 saturated heterocycles. The van der Waals surface area contributed by atoms with Crippen LogP contribution in [0.5, 0.6) is 17.2 Å². The minimum absolute atomic E-state index is 0.0737. The number of hydrogen-bond donors (Lipinski definition) is 1. The molecule has 3 nitrogen and oxygen atoms in total. The van der Waals surface area contributed by atoms with Gasteiger partial charge in [-0.05, 0) is 18.2 Å². The fraction of sp³-hybridized carbons (Fsp3) is 0.143. The Hall–Kier alpha value is -0.407. The second-order valence-electron chi connectivity index (χ2n) is 4.05. The fourth-order valence-electron chi connectivity index (χ4n) is 1.69. The Morgan fingerprint density at radius 1 is 1.04 bits per heavy atom. The SMILES string of the molecule is COc1cc(OC)c(O)c(Pc2ccc(F)cc2F)c1.[Cl][Zr][Cl]. The summed E-state index contributed by atoms with van der Waals surface area (Å²) in [5.74, 6) is -0.623. The molecule has 0 bridgehead atoms. The van der Waals surface area contributed by atoms with Gasteiger partial charge < -0.3 is 14.6 Å². The van der Waals surface area contributed by atoms with Gasteiger partial charge >= 0.3 is 37.9 Å². The van der Waals surface area contributed by atoms with E-state index in [1.807, 2.05) is 0 Å². The quantitative estimate of drug-likeness (QED) is 0.708. The van der Waals surface area contributed by atoms with Crippen molar-refractivity contribution in [1.82, 2.24) is 0 Å². The van der Waals surface area contributed by atoms with Crippen molar-refractivity contribution in [3.8, 4) is 17.2 Å². The van der Waals surface area contributed by atoms with Gasteiger partial charge in [-0.15, -0.1) is 0 Å². The maximum absolute atomic E-state index is 13.7. The van der Waals surface area contributed by atoms with Crippen LogP contribution in [0.1, 0.15) is 0 Å². The van der Waals surface area contributed by atoms with Crippen LogP contribution in [-0.2, 0) is 20.8 Å². The molecule has 0 spiro atoms. The predicted molar refractivity (Wildman–Crippen MR) is 86.9 cm³/mol. The normalized spacial score (nSPS) is 10.2. The van der Waals surface area contributed by atoms with Gasteiger partial charge in [-0.3, -0.25) is 0 Å². The third kappa shape index (κ3) is 6.19. The molecule has 124 valence electrons. The van der Waals surface area contributed by atoms with Gasteiger partial charge in [-0.25, -0.2) is 8.78 Å². The van der Waals surface area contributed by atoms with Gasteiger partial charge in [0.25, 0.3) is 0 Å². The maximum atomic E-state index is 13.7. The molecule has 0 amide bonds. The summed E-state index contributed by atoms with van der Waals surface area (Å²) < 4.78 is 36.7. The number of benzene rings is 2. The molecule has 2 aromatic carbocycles. The van der Waals surface area contributed by atoms with E-state index in [9.17, 15) is 13.9 Å². The summed E-state index contributed by atoms with van der Waals surface area (Å²) in [6, 6.07) is 6.48. The average Bonchev–Trinajstić information content (AvgIpc) is 2.52. The molecule has 0 radical (unpaired) electrons. The van der Waals surface area contributed by atoms with E-state index >= 15 is 0 Å². The number of methoxy groups -OCH3 is 2. The Balaban J connectivity index is 0.000000816. The summed E-state index contributed by atoms with van der Waals surface area (Å²) >= 11 is -0.826. The zero-order chi connectivity index (χ0) is 17.4. The van der Waals surface area contributed by atoms with Crippen molar-refractivity contribution in [2.45, 2.75) is 0 Å². The predicted octanol–water partition coefficient (Wildman–Crippen LogP) is 3.69. The van der Waals surface area contributed by atoms with Gasteiger partial charge in [0.15, 0.2) is 11.5 Å². The van der Waals surface area contributed by atoms with E-state index in [-0.39, 0.29) is 20.1 Å². The standard InChI is InChI=1S/C14H13F2O3P.2ClH.Zr/c1-18-9-6-11(19-2)14(17)13(7-9)20-12-4-3-8(15)5-10(12)16;;;/h3-7,17,20H,1-2H3;2*1H;/q;;;+2/p-2. The van der Waals surface area contributed by atoms with Crippen LogP contribution >= 0.6 is 25.6 Å². The van der Waals surface area contributed by atoms with Gasteiger partial charge in [-0.1, -0.05) is 8.58 Å². The van der Waals surface area contributed by atoms with Crippen LogP contribution in [0.2, 0.25) is 0 Å². The van der Waals surface area contributed by atoms with Crippen LogP contribution in [0.4, 0.5) is 8.78 Å². The number of hydrogen-bond acceptors (Lipinski definition) is 3. The van der Waals surface area contributed by atoms with Crippen LogP contribution in [0.3, 0.4) is 0 Å². The van der Waals surface area contributed by atoms with Gasteiger partial charge in [0.2, 0.25) is 0 Å². The van der Waals surface area contributed by atoms with Crippen LogP contribution in [-0.4, -0.2) is 19.3 Å². The monoisotopic (exact) mass is 458 g/mol. The average molecular weight is 460 g/mol. The summed E-state index contributed by atoms with van der Waals surface area (Å²) in [6.45, 7) is 0. The number of ether oxygens (including phenoxy) is 2. The molecule has 0 fully saturated rings. The number of rotatable bonds is 4. The second-order valence-corrected chi connectivity index (χ2v) is 9.11. The van der Waals surface area contributed by atoms with Crippen molar-refractivity contribution in [1.29, 1.82) is 0 Å². The van der Waals surface area contributed by atoms with E-state index in [1.165, 1.54) is 32.4 Å². The summed E-state index contributed by atoms with van der Waals surface area (Å²) in [5.41, 5.74) is 0. The molecule has 0 aromatic heterocycles. The Morgan fingerprint density at radius 3 is 2.22 bits per heavy atom. The Labute approximate surface area is 153 Å². The summed E-state index contributed by atoms with van der Waals surface area (Å²) in [6.07, 6.45) is 0. The summed E-state index contributed by atoms with van der Waals surface area (Å²) in [5, 5.41) is 10.8. The summed E-state index contributed by atoms with van der Waals surface area (Å²) in [7, 11) is 12.6. The third-order valence-electron chi connectivity index (χ3n) is 2.70. The van der Waals surface area contributed by atoms with E-state index in [0.717, 1.165) is 6.07 Å². The number of phenols is 1. The molecule has 0 aliphatic rings. The molecule has 0 saturated carbocycles. The van der Waals surface area contributed by atoms with Crippen molar-refractivity contribution in [3.05, 3.63) is 42.0 Å². The Bertz CT molecular complexity index is 662. The van der Waals surface area contributed by atoms with Crippen LogP contribution in [0.25, 0.3) is 0 Å². The van der Waals surface area contributed by atoms with Crippen molar-refractivity contribution >= 4 is 36.2 Å². The first-order valence-electron chi connectivity index (χ1n) is 6.10. The number of aromatic hydroxyl groups is 1. The fourth-order valence-corrected chi connectivity index (χ4v) is 2.79. The molecule has 1 unspecified atom stereocenters. The first-order chi connectivity index (χ1) is 11.0. The van der Waals surface area contributed by atoms with Gasteiger partial charge in [0.05, 0.1) is 14.2 Å². The molecule has 0 aliphatic carbocycles. The van der Waals surface area contributed by atoms with Crippen molar-refractivity contribution in [2.24, 2.45) is 0 Å². The van der Waals surface area contributed by atoms with Crippen molar-refractivity contribution in [3.63, 3.8) is 0 Å². The van der Waals surface area contributed by atoms with E-state index in [0.29, 0.717) is 16.4 Å². The second kappa shape index (κ2) is 10.5. The molecular weight excluding hydrogens is 447 g/mol. The van der Waals surface area contributed by atoms with E-state index in [4.69, 9.17) is 26.5 Å². The van der Waals surface area contributed by atoms with Crippen LogP contribution in [0, 0.1) is 11.6 Å². The topological polar surface area (TPSA) is 38.7 Å². The zero-order valence-electron chi connectivity index (χ0n) is 12.2. The number of halogens is 4. The molecule has 2 rings (SSSR count). The van der Waals surface area contributed by atoms with Crippen LogP contribution < -0.4 is 20.1 Å². The van der Waals surface area contributed by atoms with E-state index in [2.05, 4.69) is 0 Å². The van der Waals surface area contributed by atoms with Gasteiger partial charge in [0, 0.05) is 22.7 Å². The first kappa shape index (κ1) is 20.6. The minimum atomic E-state index is -0.826. The molecule has 0 aliphatic heterocycles. The van der Waals surface area contributed by atoms with E-state index in [1.54, 1.807) is 6.07 Å². The molecule has 1 atom stereocenters.